The lowest BCUT2D eigenvalue weighted by Crippen LogP contribution is -2.32. The summed E-state index contributed by atoms with van der Waals surface area (Å²) in [6, 6.07) is 13.1. The molecule has 2 heterocycles. The maximum Gasteiger partial charge on any atom is 0.127 e. The van der Waals surface area contributed by atoms with Crippen LogP contribution in [-0.4, -0.2) is 46.0 Å². The smallest absolute Gasteiger partial charge is 0.127 e. The first-order chi connectivity index (χ1) is 14.6. The fourth-order valence-corrected chi connectivity index (χ4v) is 4.51. The number of halogens is 2. The summed E-state index contributed by atoms with van der Waals surface area (Å²) < 4.78 is 30.1. The summed E-state index contributed by atoms with van der Waals surface area (Å²) in [4.78, 5) is 2.06. The van der Waals surface area contributed by atoms with Gasteiger partial charge in [-0.25, -0.2) is 13.5 Å². The van der Waals surface area contributed by atoms with E-state index >= 15 is 0 Å². The van der Waals surface area contributed by atoms with E-state index in [1.54, 1.807) is 23.0 Å². The van der Waals surface area contributed by atoms with E-state index in [0.717, 1.165) is 17.7 Å². The van der Waals surface area contributed by atoms with Crippen LogP contribution in [0.3, 0.4) is 0 Å². The summed E-state index contributed by atoms with van der Waals surface area (Å²) in [5.41, 5.74) is 2.26. The maximum atomic E-state index is 14.5. The topological polar surface area (TPSA) is 53.3 Å². The third-order valence-electron chi connectivity index (χ3n) is 5.99. The van der Waals surface area contributed by atoms with Crippen LogP contribution in [0.4, 0.5) is 8.78 Å². The molecule has 1 fully saturated rings. The first kappa shape index (κ1) is 20.7. The SMILES string of the molecule is CN1[C@H](CO)C[C@H](CNCc2cc(F)ccc2-n2cccn2)[C@@H]1c1ccccc1F. The Labute approximate surface area is 175 Å². The molecule has 3 atom stereocenters. The van der Waals surface area contributed by atoms with Crippen LogP contribution in [0.25, 0.3) is 5.69 Å². The van der Waals surface area contributed by atoms with Gasteiger partial charge in [-0.2, -0.15) is 5.10 Å². The second kappa shape index (κ2) is 9.04. The number of likely N-dealkylation sites (N-methyl/N-ethyl adjacent to an activating group) is 1. The van der Waals surface area contributed by atoms with Gasteiger partial charge in [0.1, 0.15) is 11.6 Å². The molecule has 1 saturated heterocycles. The van der Waals surface area contributed by atoms with Gasteiger partial charge in [-0.15, -0.1) is 0 Å². The number of nitrogens with zero attached hydrogens (tertiary/aromatic N) is 3. The second-order valence-electron chi connectivity index (χ2n) is 7.82. The molecule has 7 heteroatoms. The van der Waals surface area contributed by atoms with E-state index in [4.69, 9.17) is 0 Å². The standard InChI is InChI=1S/C23H26F2N4O/c1-28-19(15-30)12-17(23(28)20-5-2-3-6-21(20)25)14-26-13-16-11-18(24)7-8-22(16)29-10-4-9-27-29/h2-11,17,19,23,26,30H,12-15H2,1H3/t17-,19+,23-/m1/s1. The van der Waals surface area contributed by atoms with E-state index < -0.39 is 0 Å². The van der Waals surface area contributed by atoms with Crippen molar-refractivity contribution in [1.82, 2.24) is 20.0 Å². The molecule has 3 aromatic rings. The van der Waals surface area contributed by atoms with Gasteiger partial charge in [-0.3, -0.25) is 4.90 Å². The summed E-state index contributed by atoms with van der Waals surface area (Å²) in [5.74, 6) is -0.414. The molecule has 1 aliphatic heterocycles. The van der Waals surface area contributed by atoms with Crippen LogP contribution in [0, 0.1) is 17.6 Å². The summed E-state index contributed by atoms with van der Waals surface area (Å²) in [7, 11) is 1.93. The molecule has 158 valence electrons. The number of aliphatic hydroxyl groups excluding tert-OH is 1. The van der Waals surface area contributed by atoms with Crippen LogP contribution in [0.5, 0.6) is 0 Å². The molecule has 1 aromatic heterocycles. The molecule has 0 bridgehead atoms. The highest BCUT2D eigenvalue weighted by molar-refractivity contribution is 5.40. The zero-order chi connectivity index (χ0) is 21.1. The van der Waals surface area contributed by atoms with Crippen molar-refractivity contribution in [2.45, 2.75) is 25.0 Å². The van der Waals surface area contributed by atoms with Crippen molar-refractivity contribution in [2.24, 2.45) is 5.92 Å². The van der Waals surface area contributed by atoms with Crippen molar-refractivity contribution < 1.29 is 13.9 Å². The van der Waals surface area contributed by atoms with Crippen LogP contribution >= 0.6 is 0 Å². The Morgan fingerprint density at radius 2 is 2.00 bits per heavy atom. The molecule has 0 unspecified atom stereocenters. The Hall–Kier alpha value is -2.61. The minimum Gasteiger partial charge on any atom is -0.395 e. The van der Waals surface area contributed by atoms with E-state index in [1.165, 1.54) is 18.2 Å². The van der Waals surface area contributed by atoms with E-state index in [1.807, 2.05) is 31.4 Å². The van der Waals surface area contributed by atoms with E-state index in [0.29, 0.717) is 18.7 Å². The number of hydrogen-bond donors (Lipinski definition) is 2. The van der Waals surface area contributed by atoms with Crippen molar-refractivity contribution in [3.05, 3.63) is 83.7 Å². The predicted molar refractivity (Wildman–Crippen MR) is 111 cm³/mol. The zero-order valence-corrected chi connectivity index (χ0v) is 16.9. The third kappa shape index (κ3) is 4.14. The van der Waals surface area contributed by atoms with Gasteiger partial charge >= 0.3 is 0 Å². The molecule has 1 aliphatic rings. The largest absolute Gasteiger partial charge is 0.395 e. The van der Waals surface area contributed by atoms with Crippen molar-refractivity contribution >= 4 is 0 Å². The average molecular weight is 412 g/mol. The zero-order valence-electron chi connectivity index (χ0n) is 16.9. The summed E-state index contributed by atoms with van der Waals surface area (Å²) in [6.45, 7) is 1.11. The van der Waals surface area contributed by atoms with Crippen LogP contribution in [0.2, 0.25) is 0 Å². The molecule has 0 radical (unpaired) electrons. The maximum absolute atomic E-state index is 14.5. The number of likely N-dealkylation sites (tertiary alicyclic amines) is 1. The second-order valence-corrected chi connectivity index (χ2v) is 7.82. The molecule has 0 aliphatic carbocycles. The van der Waals surface area contributed by atoms with Gasteiger partial charge in [0.2, 0.25) is 0 Å². The van der Waals surface area contributed by atoms with Crippen LogP contribution in [0.1, 0.15) is 23.6 Å². The van der Waals surface area contributed by atoms with Crippen molar-refractivity contribution in [3.63, 3.8) is 0 Å². The number of rotatable bonds is 7. The molecule has 0 spiro atoms. The normalized spacial score (nSPS) is 21.9. The minimum atomic E-state index is -0.298. The molecule has 0 amide bonds. The third-order valence-corrected chi connectivity index (χ3v) is 5.99. The molecule has 2 N–H and O–H groups in total. The Bertz CT molecular complexity index is 979. The Morgan fingerprint density at radius 1 is 1.17 bits per heavy atom. The number of aromatic nitrogens is 2. The lowest BCUT2D eigenvalue weighted by Gasteiger charge is -2.28. The fraction of sp³-hybridized carbons (Fsp3) is 0.348. The van der Waals surface area contributed by atoms with Crippen molar-refractivity contribution in [3.8, 4) is 5.69 Å². The minimum absolute atomic E-state index is 0.0183. The van der Waals surface area contributed by atoms with E-state index in [-0.39, 0.29) is 36.2 Å². The van der Waals surface area contributed by atoms with Gasteiger partial charge in [0, 0.05) is 43.1 Å². The summed E-state index contributed by atoms with van der Waals surface area (Å²) in [5, 5.41) is 17.4. The van der Waals surface area contributed by atoms with Gasteiger partial charge in [-0.05, 0) is 55.3 Å². The van der Waals surface area contributed by atoms with Crippen molar-refractivity contribution in [1.29, 1.82) is 0 Å². The van der Waals surface area contributed by atoms with Gasteiger partial charge < -0.3 is 10.4 Å². The Morgan fingerprint density at radius 3 is 2.73 bits per heavy atom. The summed E-state index contributed by atoms with van der Waals surface area (Å²) >= 11 is 0. The average Bonchev–Trinajstić information content (AvgIpc) is 3.37. The van der Waals surface area contributed by atoms with E-state index in [2.05, 4.69) is 15.3 Å². The van der Waals surface area contributed by atoms with Gasteiger partial charge in [0.15, 0.2) is 0 Å². The number of aliphatic hydroxyl groups is 1. The molecule has 2 aromatic carbocycles. The highest BCUT2D eigenvalue weighted by Gasteiger charge is 2.40. The monoisotopic (exact) mass is 412 g/mol. The molecule has 0 saturated carbocycles. The molecular formula is C23H26F2N4O. The van der Waals surface area contributed by atoms with E-state index in [9.17, 15) is 13.9 Å². The highest BCUT2D eigenvalue weighted by atomic mass is 19.1. The number of hydrogen-bond acceptors (Lipinski definition) is 4. The fourth-order valence-electron chi connectivity index (χ4n) is 4.51. The first-order valence-corrected chi connectivity index (χ1v) is 10.1. The molecular weight excluding hydrogens is 386 g/mol. The molecule has 30 heavy (non-hydrogen) atoms. The van der Waals surface area contributed by atoms with Crippen LogP contribution in [0.15, 0.2) is 60.9 Å². The van der Waals surface area contributed by atoms with Crippen molar-refractivity contribution in [2.75, 3.05) is 20.2 Å². The number of nitrogens with one attached hydrogen (secondary N) is 1. The predicted octanol–water partition coefficient (Wildman–Crippen LogP) is 3.29. The number of benzene rings is 2. The van der Waals surface area contributed by atoms with Gasteiger partial charge in [-0.1, -0.05) is 18.2 Å². The lowest BCUT2D eigenvalue weighted by molar-refractivity contribution is 0.151. The Balaban J connectivity index is 1.50. The van der Waals surface area contributed by atoms with Crippen LogP contribution < -0.4 is 5.32 Å². The Kier molecular flexibility index (Phi) is 6.22. The van der Waals surface area contributed by atoms with Gasteiger partial charge in [0.05, 0.1) is 12.3 Å². The van der Waals surface area contributed by atoms with Crippen LogP contribution in [-0.2, 0) is 6.54 Å². The first-order valence-electron chi connectivity index (χ1n) is 10.1. The summed E-state index contributed by atoms with van der Waals surface area (Å²) in [6.07, 6.45) is 4.26. The molecule has 4 rings (SSSR count). The molecule has 5 nitrogen and oxygen atoms in total. The highest BCUT2D eigenvalue weighted by Crippen LogP contribution is 2.40. The lowest BCUT2D eigenvalue weighted by atomic mass is 9.92. The quantitative estimate of drug-likeness (QED) is 0.625. The van der Waals surface area contributed by atoms with Gasteiger partial charge in [0.25, 0.3) is 0 Å².